The number of nitrogens with zero attached hydrogens (tertiary/aromatic N) is 2. The van der Waals surface area contributed by atoms with E-state index in [4.69, 9.17) is 5.11 Å². The third kappa shape index (κ3) is 4.08. The summed E-state index contributed by atoms with van der Waals surface area (Å²) in [7, 11) is -4.11. The van der Waals surface area contributed by atoms with E-state index in [0.717, 1.165) is 28.6 Å². The predicted molar refractivity (Wildman–Crippen MR) is 82.9 cm³/mol. The van der Waals surface area contributed by atoms with Crippen molar-refractivity contribution in [3.63, 3.8) is 0 Å². The van der Waals surface area contributed by atoms with Crippen LogP contribution in [0, 0.1) is 10.1 Å². The first kappa shape index (κ1) is 18.3. The molecule has 1 saturated carbocycles. The maximum absolute atomic E-state index is 12.8. The summed E-state index contributed by atoms with van der Waals surface area (Å²) in [6.45, 7) is -0.694. The minimum Gasteiger partial charge on any atom is -0.480 e. The first-order chi connectivity index (χ1) is 11.2. The van der Waals surface area contributed by atoms with Crippen LogP contribution < -0.4 is 0 Å². The van der Waals surface area contributed by atoms with Gasteiger partial charge in [0.15, 0.2) is 0 Å². The molecule has 9 nitrogen and oxygen atoms in total. The van der Waals surface area contributed by atoms with E-state index in [1.54, 1.807) is 0 Å². The van der Waals surface area contributed by atoms with Crippen LogP contribution in [0.4, 0.5) is 5.69 Å². The topological polar surface area (TPSA) is 138 Å². The van der Waals surface area contributed by atoms with Gasteiger partial charge in [-0.2, -0.15) is 4.31 Å². The Morgan fingerprint density at radius 1 is 1.21 bits per heavy atom. The zero-order chi connectivity index (χ0) is 17.9. The number of aliphatic carboxylic acids is 1. The van der Waals surface area contributed by atoms with Gasteiger partial charge in [0.2, 0.25) is 10.0 Å². The fourth-order valence-electron chi connectivity index (χ4n) is 2.77. The van der Waals surface area contributed by atoms with E-state index in [0.29, 0.717) is 25.7 Å². The zero-order valence-electron chi connectivity index (χ0n) is 12.7. The smallest absolute Gasteiger partial charge is 0.318 e. The largest absolute Gasteiger partial charge is 0.480 e. The van der Waals surface area contributed by atoms with E-state index in [-0.39, 0.29) is 10.6 Å². The lowest BCUT2D eigenvalue weighted by Gasteiger charge is -2.33. The summed E-state index contributed by atoms with van der Waals surface area (Å²) >= 11 is 0. The van der Waals surface area contributed by atoms with Crippen LogP contribution in [0.5, 0.6) is 0 Å². The number of carboxylic acid groups (broad SMARTS) is 1. The van der Waals surface area contributed by atoms with Crippen molar-refractivity contribution in [3.8, 4) is 0 Å². The van der Waals surface area contributed by atoms with Gasteiger partial charge in [-0.3, -0.25) is 14.9 Å². The lowest BCUT2D eigenvalue weighted by atomic mass is 9.93. The first-order valence-electron chi connectivity index (χ1n) is 7.38. The molecule has 132 valence electrons. The second-order valence-corrected chi connectivity index (χ2v) is 7.55. The van der Waals surface area contributed by atoms with Gasteiger partial charge in [-0.25, -0.2) is 8.42 Å². The Hall–Kier alpha value is -2.04. The van der Waals surface area contributed by atoms with Gasteiger partial charge in [0, 0.05) is 18.2 Å². The Morgan fingerprint density at radius 2 is 1.75 bits per heavy atom. The molecule has 1 fully saturated rings. The molecule has 1 aromatic carbocycles. The van der Waals surface area contributed by atoms with Gasteiger partial charge in [-0.05, 0) is 37.8 Å². The summed E-state index contributed by atoms with van der Waals surface area (Å²) in [6, 6.07) is 3.80. The van der Waals surface area contributed by atoms with Crippen LogP contribution in [-0.4, -0.2) is 52.5 Å². The Kier molecular flexibility index (Phi) is 5.52. The number of nitro benzene ring substituents is 1. The number of carbonyl (C=O) groups is 1. The fraction of sp³-hybridized carbons (Fsp3) is 0.500. The maximum atomic E-state index is 12.8. The SMILES string of the molecule is O=C(O)CN([C@H]1CC[C@H](O)CC1)S(=O)(=O)c1ccc([N+](=O)[O-])cc1. The van der Waals surface area contributed by atoms with Gasteiger partial charge < -0.3 is 10.2 Å². The molecule has 0 spiro atoms. The second kappa shape index (κ2) is 7.24. The number of nitro groups is 1. The number of non-ortho nitro benzene ring substituents is 1. The average Bonchev–Trinajstić information content (AvgIpc) is 2.53. The molecule has 0 saturated heterocycles. The predicted octanol–water partition coefficient (Wildman–Crippen LogP) is 0.974. The standard InChI is InChI=1S/C14H18N2O7S/c17-12-5-1-10(2-6-12)15(9-14(18)19)24(22,23)13-7-3-11(4-8-13)16(20)21/h3-4,7-8,10,12,17H,1-2,5-6,9H2,(H,18,19)/t10-,12-. The van der Waals surface area contributed by atoms with Crippen LogP contribution in [0.1, 0.15) is 25.7 Å². The van der Waals surface area contributed by atoms with E-state index < -0.39 is 39.6 Å². The summed E-state index contributed by atoms with van der Waals surface area (Å²) in [5.41, 5.74) is -0.250. The van der Waals surface area contributed by atoms with Crippen LogP contribution in [0.2, 0.25) is 0 Å². The molecule has 1 aliphatic carbocycles. The van der Waals surface area contributed by atoms with Gasteiger partial charge in [0.05, 0.1) is 15.9 Å². The van der Waals surface area contributed by atoms with E-state index in [2.05, 4.69) is 0 Å². The number of benzene rings is 1. The highest BCUT2D eigenvalue weighted by Gasteiger charge is 2.35. The molecule has 0 bridgehead atoms. The Bertz CT molecular complexity index is 709. The van der Waals surface area contributed by atoms with Crippen LogP contribution in [0.15, 0.2) is 29.2 Å². The minimum absolute atomic E-state index is 0.194. The van der Waals surface area contributed by atoms with Crippen LogP contribution in [-0.2, 0) is 14.8 Å². The average molecular weight is 358 g/mol. The number of carboxylic acids is 1. The molecule has 0 atom stereocenters. The molecular formula is C14H18N2O7S. The molecular weight excluding hydrogens is 340 g/mol. The highest BCUT2D eigenvalue weighted by Crippen LogP contribution is 2.28. The summed E-state index contributed by atoms with van der Waals surface area (Å²) < 4.78 is 26.4. The highest BCUT2D eigenvalue weighted by molar-refractivity contribution is 7.89. The number of rotatable bonds is 6. The van der Waals surface area contributed by atoms with Gasteiger partial charge in [-0.15, -0.1) is 0 Å². The van der Waals surface area contributed by atoms with Gasteiger partial charge in [0.25, 0.3) is 5.69 Å². The molecule has 10 heteroatoms. The molecule has 0 unspecified atom stereocenters. The molecule has 0 aromatic heterocycles. The quantitative estimate of drug-likeness (QED) is 0.571. The molecule has 0 heterocycles. The molecule has 2 N–H and O–H groups in total. The zero-order valence-corrected chi connectivity index (χ0v) is 13.6. The molecule has 2 rings (SSSR count). The lowest BCUT2D eigenvalue weighted by Crippen LogP contribution is -2.45. The maximum Gasteiger partial charge on any atom is 0.318 e. The third-order valence-electron chi connectivity index (χ3n) is 4.02. The van der Waals surface area contributed by atoms with E-state index in [1.807, 2.05) is 0 Å². The van der Waals surface area contributed by atoms with Crippen LogP contribution >= 0.6 is 0 Å². The first-order valence-corrected chi connectivity index (χ1v) is 8.82. The summed E-state index contributed by atoms with van der Waals surface area (Å²) in [6.07, 6.45) is 1.02. The highest BCUT2D eigenvalue weighted by atomic mass is 32.2. The van der Waals surface area contributed by atoms with Crippen molar-refractivity contribution in [1.29, 1.82) is 0 Å². The van der Waals surface area contributed by atoms with Crippen molar-refractivity contribution in [2.75, 3.05) is 6.54 Å². The van der Waals surface area contributed by atoms with Gasteiger partial charge in [0.1, 0.15) is 6.54 Å². The number of sulfonamides is 1. The van der Waals surface area contributed by atoms with Crippen molar-refractivity contribution in [3.05, 3.63) is 34.4 Å². The van der Waals surface area contributed by atoms with Crippen molar-refractivity contribution in [2.45, 2.75) is 42.7 Å². The molecule has 24 heavy (non-hydrogen) atoms. The number of aliphatic hydroxyl groups excluding tert-OH is 1. The number of hydrogen-bond acceptors (Lipinski definition) is 6. The van der Waals surface area contributed by atoms with E-state index in [1.165, 1.54) is 0 Å². The molecule has 0 aliphatic heterocycles. The van der Waals surface area contributed by atoms with Crippen molar-refractivity contribution >= 4 is 21.7 Å². The third-order valence-corrected chi connectivity index (χ3v) is 5.93. The molecule has 0 radical (unpaired) electrons. The molecule has 1 aliphatic rings. The number of hydrogen-bond donors (Lipinski definition) is 2. The lowest BCUT2D eigenvalue weighted by molar-refractivity contribution is -0.384. The number of aliphatic hydroxyl groups is 1. The fourth-order valence-corrected chi connectivity index (χ4v) is 4.40. The summed E-state index contributed by atoms with van der Waals surface area (Å²) in [4.78, 5) is 20.9. The summed E-state index contributed by atoms with van der Waals surface area (Å²) in [5.74, 6) is -1.29. The van der Waals surface area contributed by atoms with Crippen molar-refractivity contribution in [1.82, 2.24) is 4.31 Å². The minimum atomic E-state index is -4.11. The Balaban J connectivity index is 2.32. The van der Waals surface area contributed by atoms with Crippen molar-refractivity contribution < 1.29 is 28.3 Å². The van der Waals surface area contributed by atoms with E-state index in [9.17, 15) is 28.4 Å². The van der Waals surface area contributed by atoms with Crippen molar-refractivity contribution in [2.24, 2.45) is 0 Å². The summed E-state index contributed by atoms with van der Waals surface area (Å²) in [5, 5.41) is 29.3. The van der Waals surface area contributed by atoms with Gasteiger partial charge in [-0.1, -0.05) is 0 Å². The van der Waals surface area contributed by atoms with Crippen LogP contribution in [0.3, 0.4) is 0 Å². The monoisotopic (exact) mass is 358 g/mol. The Morgan fingerprint density at radius 3 is 2.21 bits per heavy atom. The normalized spacial score (nSPS) is 21.6. The van der Waals surface area contributed by atoms with E-state index >= 15 is 0 Å². The Labute approximate surface area is 138 Å². The molecule has 1 aromatic rings. The molecule has 0 amide bonds. The van der Waals surface area contributed by atoms with Crippen LogP contribution in [0.25, 0.3) is 0 Å². The van der Waals surface area contributed by atoms with Gasteiger partial charge >= 0.3 is 5.97 Å². The second-order valence-electron chi connectivity index (χ2n) is 5.66.